The Kier molecular flexibility index (Phi) is 4.64. The van der Waals surface area contributed by atoms with Crippen molar-refractivity contribution in [3.05, 3.63) is 17.1 Å². The van der Waals surface area contributed by atoms with Gasteiger partial charge < -0.3 is 20.5 Å². The minimum absolute atomic E-state index is 0.144. The number of aromatic carboxylic acids is 1. The first-order valence-corrected chi connectivity index (χ1v) is 6.29. The molecule has 1 aromatic rings. The van der Waals surface area contributed by atoms with E-state index in [4.69, 9.17) is 9.84 Å². The van der Waals surface area contributed by atoms with Gasteiger partial charge in [-0.3, -0.25) is 0 Å². The maximum atomic E-state index is 11.0. The lowest BCUT2D eigenvalue weighted by Gasteiger charge is -2.20. The molecule has 0 unspecified atom stereocenters. The third kappa shape index (κ3) is 3.39. The molecule has 0 aliphatic carbocycles. The van der Waals surface area contributed by atoms with E-state index in [0.717, 1.165) is 30.6 Å². The van der Waals surface area contributed by atoms with Gasteiger partial charge in [-0.2, -0.15) is 0 Å². The quantitative estimate of drug-likeness (QED) is 0.636. The topological polar surface area (TPSA) is 96.4 Å². The zero-order valence-electron chi connectivity index (χ0n) is 10.9. The van der Waals surface area contributed by atoms with E-state index in [-0.39, 0.29) is 5.82 Å². The van der Waals surface area contributed by atoms with Crippen LogP contribution in [0, 0.1) is 0 Å². The summed E-state index contributed by atoms with van der Waals surface area (Å²) < 4.78 is 4.98. The van der Waals surface area contributed by atoms with Gasteiger partial charge in [-0.1, -0.05) is 0 Å². The van der Waals surface area contributed by atoms with E-state index >= 15 is 0 Å². The van der Waals surface area contributed by atoms with Crippen molar-refractivity contribution in [2.45, 2.75) is 19.4 Å². The van der Waals surface area contributed by atoms with Crippen molar-refractivity contribution in [3.63, 3.8) is 0 Å². The number of nitrogens with zero attached hydrogens (tertiary/aromatic N) is 2. The first-order valence-electron chi connectivity index (χ1n) is 6.29. The van der Waals surface area contributed by atoms with Gasteiger partial charge in [0.05, 0.1) is 5.69 Å². The second kappa shape index (κ2) is 6.44. The number of rotatable bonds is 6. The number of aromatic nitrogens is 2. The number of anilines is 1. The van der Waals surface area contributed by atoms with Crippen LogP contribution in [-0.2, 0) is 17.7 Å². The average molecular weight is 266 g/mol. The predicted octanol–water partition coefficient (Wildman–Crippen LogP) is 0.269. The van der Waals surface area contributed by atoms with Crippen molar-refractivity contribution in [2.24, 2.45) is 0 Å². The molecule has 0 saturated carbocycles. The Balaban J connectivity index is 2.18. The number of ether oxygens (including phenoxy) is 1. The molecule has 3 N–H and O–H groups in total. The molecule has 104 valence electrons. The molecule has 0 amide bonds. The molecule has 0 aromatic carbocycles. The van der Waals surface area contributed by atoms with Crippen molar-refractivity contribution in [1.82, 2.24) is 15.3 Å². The van der Waals surface area contributed by atoms with Crippen molar-refractivity contribution in [3.8, 4) is 0 Å². The van der Waals surface area contributed by atoms with Gasteiger partial charge in [0, 0.05) is 45.3 Å². The molecule has 1 aromatic heterocycles. The minimum atomic E-state index is -1.10. The van der Waals surface area contributed by atoms with E-state index in [1.165, 1.54) is 0 Å². The standard InChI is InChI=1S/C12H18N4O3/c1-19-6-2-4-14-10-8-7-13-5-3-9(8)15-11(16-10)12(17)18/h13H,2-7H2,1H3,(H,17,18)(H,14,15,16). The van der Waals surface area contributed by atoms with Gasteiger partial charge in [-0.15, -0.1) is 0 Å². The van der Waals surface area contributed by atoms with Crippen LogP contribution < -0.4 is 10.6 Å². The number of nitrogens with one attached hydrogen (secondary N) is 2. The summed E-state index contributed by atoms with van der Waals surface area (Å²) in [5.41, 5.74) is 1.79. The first-order chi connectivity index (χ1) is 9.22. The molecule has 7 nitrogen and oxygen atoms in total. The fraction of sp³-hybridized carbons (Fsp3) is 0.583. The van der Waals surface area contributed by atoms with Crippen LogP contribution in [0.15, 0.2) is 0 Å². The highest BCUT2D eigenvalue weighted by Gasteiger charge is 2.19. The Bertz CT molecular complexity index is 465. The van der Waals surface area contributed by atoms with Gasteiger partial charge in [0.25, 0.3) is 0 Å². The number of fused-ring (bicyclic) bond motifs is 1. The van der Waals surface area contributed by atoms with Crippen molar-refractivity contribution >= 4 is 11.8 Å². The first kappa shape index (κ1) is 13.7. The van der Waals surface area contributed by atoms with Crippen LogP contribution in [0.1, 0.15) is 28.3 Å². The van der Waals surface area contributed by atoms with Gasteiger partial charge >= 0.3 is 5.97 Å². The van der Waals surface area contributed by atoms with Gasteiger partial charge in [0.15, 0.2) is 0 Å². The summed E-state index contributed by atoms with van der Waals surface area (Å²) in [5.74, 6) is -0.623. The summed E-state index contributed by atoms with van der Waals surface area (Å²) in [5, 5.41) is 15.4. The summed E-state index contributed by atoms with van der Waals surface area (Å²) in [6.07, 6.45) is 1.57. The summed E-state index contributed by atoms with van der Waals surface area (Å²) in [6, 6.07) is 0. The molecule has 1 aliphatic heterocycles. The van der Waals surface area contributed by atoms with Crippen LogP contribution in [-0.4, -0.2) is 47.8 Å². The third-order valence-electron chi connectivity index (χ3n) is 2.94. The fourth-order valence-electron chi connectivity index (χ4n) is 2.01. The summed E-state index contributed by atoms with van der Waals surface area (Å²) >= 11 is 0. The molecular formula is C12H18N4O3. The molecule has 0 saturated heterocycles. The monoisotopic (exact) mass is 266 g/mol. The van der Waals surface area contributed by atoms with E-state index < -0.39 is 5.97 Å². The Hall–Kier alpha value is -1.73. The maximum Gasteiger partial charge on any atom is 0.374 e. The van der Waals surface area contributed by atoms with Crippen LogP contribution in [0.2, 0.25) is 0 Å². The van der Waals surface area contributed by atoms with E-state index in [1.807, 2.05) is 0 Å². The molecule has 0 atom stereocenters. The second-order valence-corrected chi connectivity index (χ2v) is 4.33. The SMILES string of the molecule is COCCCNc1nc(C(=O)O)nc2c1CNCC2. The predicted molar refractivity (Wildman–Crippen MR) is 69.4 cm³/mol. The highest BCUT2D eigenvalue weighted by atomic mass is 16.5. The number of carboxylic acid groups (broad SMARTS) is 1. The van der Waals surface area contributed by atoms with E-state index in [9.17, 15) is 4.79 Å². The van der Waals surface area contributed by atoms with Crippen LogP contribution in [0.3, 0.4) is 0 Å². The lowest BCUT2D eigenvalue weighted by molar-refractivity contribution is 0.0683. The number of hydrogen-bond acceptors (Lipinski definition) is 6. The molecule has 0 bridgehead atoms. The second-order valence-electron chi connectivity index (χ2n) is 4.33. The van der Waals surface area contributed by atoms with Crippen molar-refractivity contribution in [2.75, 3.05) is 32.1 Å². The van der Waals surface area contributed by atoms with Gasteiger partial charge in [0.1, 0.15) is 5.82 Å². The van der Waals surface area contributed by atoms with Crippen LogP contribution >= 0.6 is 0 Å². The van der Waals surface area contributed by atoms with Crippen molar-refractivity contribution < 1.29 is 14.6 Å². The lowest BCUT2D eigenvalue weighted by Crippen LogP contribution is -2.28. The Morgan fingerprint density at radius 2 is 2.37 bits per heavy atom. The highest BCUT2D eigenvalue weighted by Crippen LogP contribution is 2.20. The molecule has 7 heteroatoms. The number of carbonyl (C=O) groups is 1. The third-order valence-corrected chi connectivity index (χ3v) is 2.94. The molecule has 2 heterocycles. The summed E-state index contributed by atoms with van der Waals surface area (Å²) in [4.78, 5) is 19.2. The summed E-state index contributed by atoms with van der Waals surface area (Å²) in [6.45, 7) is 2.83. The van der Waals surface area contributed by atoms with Gasteiger partial charge in [-0.25, -0.2) is 14.8 Å². The molecule has 19 heavy (non-hydrogen) atoms. The molecule has 0 fully saturated rings. The van der Waals surface area contributed by atoms with Crippen LogP contribution in [0.25, 0.3) is 0 Å². The zero-order valence-corrected chi connectivity index (χ0v) is 10.9. The van der Waals surface area contributed by atoms with E-state index in [1.54, 1.807) is 7.11 Å². The molecule has 0 radical (unpaired) electrons. The van der Waals surface area contributed by atoms with Gasteiger partial charge in [0.2, 0.25) is 5.82 Å². The molecular weight excluding hydrogens is 248 g/mol. The lowest BCUT2D eigenvalue weighted by atomic mass is 10.1. The zero-order chi connectivity index (χ0) is 13.7. The minimum Gasteiger partial charge on any atom is -0.475 e. The van der Waals surface area contributed by atoms with Gasteiger partial charge in [-0.05, 0) is 6.42 Å². The molecule has 1 aliphatic rings. The smallest absolute Gasteiger partial charge is 0.374 e. The van der Waals surface area contributed by atoms with Crippen LogP contribution in [0.5, 0.6) is 0 Å². The fourth-order valence-corrected chi connectivity index (χ4v) is 2.01. The molecule has 0 spiro atoms. The van der Waals surface area contributed by atoms with E-state index in [2.05, 4.69) is 20.6 Å². The van der Waals surface area contributed by atoms with Crippen LogP contribution in [0.4, 0.5) is 5.82 Å². The Morgan fingerprint density at radius 3 is 3.11 bits per heavy atom. The number of carboxylic acids is 1. The number of hydrogen-bond donors (Lipinski definition) is 3. The number of methoxy groups -OCH3 is 1. The summed E-state index contributed by atoms with van der Waals surface area (Å²) in [7, 11) is 1.65. The average Bonchev–Trinajstić information content (AvgIpc) is 2.43. The maximum absolute atomic E-state index is 11.0. The normalized spacial score (nSPS) is 13.9. The highest BCUT2D eigenvalue weighted by molar-refractivity contribution is 5.83. The Labute approximate surface area is 111 Å². The molecule has 2 rings (SSSR count). The Morgan fingerprint density at radius 1 is 1.53 bits per heavy atom. The van der Waals surface area contributed by atoms with Crippen molar-refractivity contribution in [1.29, 1.82) is 0 Å². The largest absolute Gasteiger partial charge is 0.475 e. The van der Waals surface area contributed by atoms with E-state index in [0.29, 0.717) is 25.5 Å².